The molecule has 2 aromatic rings. The molecule has 6 nitrogen and oxygen atoms in total. The van der Waals surface area contributed by atoms with Crippen molar-refractivity contribution >= 4 is 5.82 Å². The number of nitrogens with one attached hydrogen (secondary N) is 1. The van der Waals surface area contributed by atoms with Crippen molar-refractivity contribution in [1.29, 1.82) is 0 Å². The number of pyridine rings is 1. The average molecular weight is 325 g/mol. The van der Waals surface area contributed by atoms with Gasteiger partial charge in [0.15, 0.2) is 0 Å². The number of ether oxygens (including phenoxy) is 1. The minimum absolute atomic E-state index is 0.468. The Hall–Kier alpha value is -2.21. The van der Waals surface area contributed by atoms with E-state index >= 15 is 0 Å². The van der Waals surface area contributed by atoms with Gasteiger partial charge in [-0.05, 0) is 57.0 Å². The van der Waals surface area contributed by atoms with Crippen molar-refractivity contribution in [2.24, 2.45) is 5.92 Å². The molecular formula is C18H23N5O. The summed E-state index contributed by atoms with van der Waals surface area (Å²) in [5.74, 6) is 2.20. The molecule has 3 fully saturated rings. The van der Waals surface area contributed by atoms with Gasteiger partial charge in [-0.3, -0.25) is 4.90 Å². The Morgan fingerprint density at radius 1 is 1.12 bits per heavy atom. The van der Waals surface area contributed by atoms with Crippen LogP contribution in [0.4, 0.5) is 5.82 Å². The van der Waals surface area contributed by atoms with Gasteiger partial charge in [-0.25, -0.2) is 4.98 Å². The molecule has 3 saturated heterocycles. The van der Waals surface area contributed by atoms with Crippen molar-refractivity contribution < 1.29 is 4.74 Å². The predicted octanol–water partition coefficient (Wildman–Crippen LogP) is 2.44. The molecule has 5 rings (SSSR count). The SMILES string of the molecule is COc1ccc(-c2ccc(N[C@H]3C4CCN(CC4)[C@@H]3C)nn2)cn1. The van der Waals surface area contributed by atoms with Gasteiger partial charge in [0.2, 0.25) is 5.88 Å². The summed E-state index contributed by atoms with van der Waals surface area (Å²) in [7, 11) is 1.61. The number of rotatable bonds is 4. The molecule has 0 radical (unpaired) electrons. The molecule has 0 unspecified atom stereocenters. The zero-order chi connectivity index (χ0) is 16.5. The number of nitrogens with zero attached hydrogens (tertiary/aromatic N) is 4. The van der Waals surface area contributed by atoms with E-state index in [0.717, 1.165) is 23.0 Å². The number of hydrogen-bond acceptors (Lipinski definition) is 6. The quantitative estimate of drug-likeness (QED) is 0.931. The largest absolute Gasteiger partial charge is 0.481 e. The molecule has 2 bridgehead atoms. The zero-order valence-corrected chi connectivity index (χ0v) is 14.1. The van der Waals surface area contributed by atoms with Crippen LogP contribution in [0.5, 0.6) is 5.88 Å². The highest BCUT2D eigenvalue weighted by Gasteiger charge is 2.39. The van der Waals surface area contributed by atoms with Crippen molar-refractivity contribution in [3.05, 3.63) is 30.5 Å². The second-order valence-electron chi connectivity index (χ2n) is 6.68. The fourth-order valence-electron chi connectivity index (χ4n) is 3.93. The lowest BCUT2D eigenvalue weighted by atomic mass is 9.79. The van der Waals surface area contributed by atoms with Gasteiger partial charge in [0.1, 0.15) is 5.82 Å². The predicted molar refractivity (Wildman–Crippen MR) is 93.0 cm³/mol. The second-order valence-corrected chi connectivity index (χ2v) is 6.68. The number of fused-ring (bicyclic) bond motifs is 3. The van der Waals surface area contributed by atoms with Crippen molar-refractivity contribution in [3.63, 3.8) is 0 Å². The highest BCUT2D eigenvalue weighted by Crippen LogP contribution is 2.33. The summed E-state index contributed by atoms with van der Waals surface area (Å²) < 4.78 is 5.08. The number of methoxy groups -OCH3 is 1. The van der Waals surface area contributed by atoms with Crippen LogP contribution in [0.25, 0.3) is 11.3 Å². The standard InChI is InChI=1S/C18H23N5O/c1-12-18(13-7-9-23(12)10-8-13)20-16-5-4-15(21-22-16)14-3-6-17(24-2)19-11-14/h3-6,11-13,18H,7-10H2,1-2H3,(H,20,22)/t12-,18-/m1/s1. The Labute approximate surface area is 142 Å². The molecule has 2 atom stereocenters. The fourth-order valence-corrected chi connectivity index (χ4v) is 3.93. The van der Waals surface area contributed by atoms with Crippen LogP contribution in [0.3, 0.4) is 0 Å². The minimum atomic E-state index is 0.468. The maximum Gasteiger partial charge on any atom is 0.212 e. The third-order valence-electron chi connectivity index (χ3n) is 5.40. The van der Waals surface area contributed by atoms with Crippen LogP contribution in [0.15, 0.2) is 30.5 Å². The fraction of sp³-hybridized carbons (Fsp3) is 0.500. The highest BCUT2D eigenvalue weighted by atomic mass is 16.5. The molecule has 1 N–H and O–H groups in total. The Bertz CT molecular complexity index is 678. The molecular weight excluding hydrogens is 302 g/mol. The molecule has 6 heteroatoms. The summed E-state index contributed by atoms with van der Waals surface area (Å²) in [4.78, 5) is 6.79. The highest BCUT2D eigenvalue weighted by molar-refractivity contribution is 5.58. The summed E-state index contributed by atoms with van der Waals surface area (Å²) in [6.07, 6.45) is 4.32. The first-order valence-electron chi connectivity index (χ1n) is 8.59. The number of anilines is 1. The summed E-state index contributed by atoms with van der Waals surface area (Å²) >= 11 is 0. The lowest BCUT2D eigenvalue weighted by Crippen LogP contribution is -2.59. The van der Waals surface area contributed by atoms with Crippen LogP contribution >= 0.6 is 0 Å². The van der Waals surface area contributed by atoms with Crippen LogP contribution in [-0.2, 0) is 0 Å². The van der Waals surface area contributed by atoms with Gasteiger partial charge in [0, 0.05) is 29.9 Å². The molecule has 24 heavy (non-hydrogen) atoms. The van der Waals surface area contributed by atoms with E-state index in [-0.39, 0.29) is 0 Å². The Morgan fingerprint density at radius 2 is 1.96 bits per heavy atom. The second kappa shape index (κ2) is 6.36. The van der Waals surface area contributed by atoms with Gasteiger partial charge in [0.05, 0.1) is 12.8 Å². The maximum absolute atomic E-state index is 5.08. The van der Waals surface area contributed by atoms with E-state index in [1.807, 2.05) is 24.3 Å². The first-order valence-corrected chi connectivity index (χ1v) is 8.59. The Balaban J connectivity index is 1.47. The molecule has 5 heterocycles. The molecule has 0 spiro atoms. The summed E-state index contributed by atoms with van der Waals surface area (Å²) in [6, 6.07) is 8.80. The van der Waals surface area contributed by atoms with Crippen molar-refractivity contribution in [2.45, 2.75) is 31.8 Å². The first kappa shape index (κ1) is 15.3. The molecule has 3 aliphatic rings. The van der Waals surface area contributed by atoms with Crippen LogP contribution in [0.2, 0.25) is 0 Å². The molecule has 0 saturated carbocycles. The van der Waals surface area contributed by atoms with Gasteiger partial charge in [0.25, 0.3) is 0 Å². The molecule has 0 amide bonds. The van der Waals surface area contributed by atoms with Crippen molar-refractivity contribution in [3.8, 4) is 17.1 Å². The Kier molecular flexibility index (Phi) is 4.06. The van der Waals surface area contributed by atoms with E-state index in [9.17, 15) is 0 Å². The molecule has 2 aromatic heterocycles. The van der Waals surface area contributed by atoms with E-state index in [1.165, 1.54) is 25.9 Å². The molecule has 3 aliphatic heterocycles. The Morgan fingerprint density at radius 3 is 2.54 bits per heavy atom. The summed E-state index contributed by atoms with van der Waals surface area (Å²) in [5, 5.41) is 12.3. The van der Waals surface area contributed by atoms with Crippen LogP contribution in [0, 0.1) is 5.92 Å². The van der Waals surface area contributed by atoms with E-state index < -0.39 is 0 Å². The monoisotopic (exact) mass is 325 g/mol. The van der Waals surface area contributed by atoms with Crippen molar-refractivity contribution in [2.75, 3.05) is 25.5 Å². The smallest absolute Gasteiger partial charge is 0.212 e. The van der Waals surface area contributed by atoms with Gasteiger partial charge in [-0.2, -0.15) is 0 Å². The topological polar surface area (TPSA) is 63.2 Å². The third-order valence-corrected chi connectivity index (χ3v) is 5.40. The van der Waals surface area contributed by atoms with E-state index in [2.05, 4.69) is 32.3 Å². The minimum Gasteiger partial charge on any atom is -0.481 e. The van der Waals surface area contributed by atoms with Crippen molar-refractivity contribution in [1.82, 2.24) is 20.1 Å². The summed E-state index contributed by atoms with van der Waals surface area (Å²) in [5.41, 5.74) is 1.75. The maximum atomic E-state index is 5.08. The number of piperidine rings is 3. The van der Waals surface area contributed by atoms with E-state index in [1.54, 1.807) is 13.3 Å². The number of aromatic nitrogens is 3. The molecule has 0 aromatic carbocycles. The molecule has 126 valence electrons. The normalized spacial score (nSPS) is 28.6. The van der Waals surface area contributed by atoms with Gasteiger partial charge < -0.3 is 10.1 Å². The first-order chi connectivity index (χ1) is 11.7. The lowest BCUT2D eigenvalue weighted by Gasteiger charge is -2.50. The molecule has 0 aliphatic carbocycles. The van der Waals surface area contributed by atoms with E-state index in [4.69, 9.17) is 4.74 Å². The average Bonchev–Trinajstić information content (AvgIpc) is 2.66. The number of hydrogen-bond donors (Lipinski definition) is 1. The third kappa shape index (κ3) is 2.82. The van der Waals surface area contributed by atoms with Crippen LogP contribution < -0.4 is 10.1 Å². The lowest BCUT2D eigenvalue weighted by molar-refractivity contribution is 0.0457. The summed E-state index contributed by atoms with van der Waals surface area (Å²) in [6.45, 7) is 4.78. The van der Waals surface area contributed by atoms with Crippen LogP contribution in [-0.4, -0.2) is 52.4 Å². The van der Waals surface area contributed by atoms with Gasteiger partial charge in [-0.1, -0.05) is 0 Å². The van der Waals surface area contributed by atoms with E-state index in [0.29, 0.717) is 18.0 Å². The van der Waals surface area contributed by atoms with Gasteiger partial charge in [-0.15, -0.1) is 10.2 Å². The van der Waals surface area contributed by atoms with Crippen LogP contribution in [0.1, 0.15) is 19.8 Å². The zero-order valence-electron chi connectivity index (χ0n) is 14.1. The van der Waals surface area contributed by atoms with Gasteiger partial charge >= 0.3 is 0 Å².